The predicted molar refractivity (Wildman–Crippen MR) is 183 cm³/mol. The number of likely N-dealkylation sites (N-methyl/N-ethyl adjacent to an activating group) is 1. The molecule has 244 valence electrons. The molecule has 4 bridgehead atoms. The molecule has 0 spiro atoms. The summed E-state index contributed by atoms with van der Waals surface area (Å²) < 4.78 is 27.8. The molecular weight excluding hydrogens is 595 g/mol. The molecule has 4 saturated carbocycles. The standard InChI is InChI=1S/C38H47N3O4S/c1-4-39-37(43)35(21-28-11-6-5-7-12-28)40(25-32-13-9-8-10-27(32)2)36(42)26-41(46(3,44)45)34-16-14-33(15-17-34)38-22-29-18-30(23-38)20-31(19-29)24-38/h5-17,29-31,35H,4,18-26H2,1-3H3,(H,39,43)/t29?,30?,31?,35-,38?/m1/s1. The van der Waals surface area contributed by atoms with Crippen LogP contribution in [0.25, 0.3) is 0 Å². The highest BCUT2D eigenvalue weighted by Crippen LogP contribution is 2.60. The Morgan fingerprint density at radius 3 is 2.02 bits per heavy atom. The average molecular weight is 642 g/mol. The molecule has 2 amide bonds. The zero-order chi connectivity index (χ0) is 32.5. The second kappa shape index (κ2) is 13.2. The topological polar surface area (TPSA) is 86.8 Å². The minimum atomic E-state index is -3.82. The fraction of sp³-hybridized carbons (Fsp3) is 0.474. The van der Waals surface area contributed by atoms with Gasteiger partial charge in [-0.3, -0.25) is 13.9 Å². The number of hydrogen-bond acceptors (Lipinski definition) is 4. The Morgan fingerprint density at radius 1 is 0.870 bits per heavy atom. The van der Waals surface area contributed by atoms with E-state index in [1.54, 1.807) is 4.90 Å². The van der Waals surface area contributed by atoms with Crippen LogP contribution in [0, 0.1) is 24.7 Å². The Balaban J connectivity index is 1.30. The summed E-state index contributed by atoms with van der Waals surface area (Å²) in [5, 5.41) is 2.91. The molecule has 8 heteroatoms. The summed E-state index contributed by atoms with van der Waals surface area (Å²) >= 11 is 0. The highest BCUT2D eigenvalue weighted by atomic mass is 32.2. The molecule has 1 atom stereocenters. The van der Waals surface area contributed by atoms with Crippen LogP contribution < -0.4 is 9.62 Å². The Hall–Kier alpha value is -3.65. The third-order valence-corrected chi connectivity index (χ3v) is 11.8. The molecule has 4 aliphatic carbocycles. The largest absolute Gasteiger partial charge is 0.355 e. The van der Waals surface area contributed by atoms with Gasteiger partial charge < -0.3 is 10.2 Å². The molecule has 0 unspecified atom stereocenters. The van der Waals surface area contributed by atoms with E-state index in [1.807, 2.05) is 80.6 Å². The van der Waals surface area contributed by atoms with Crippen molar-refractivity contribution in [3.05, 3.63) is 101 Å². The van der Waals surface area contributed by atoms with Crippen LogP contribution in [0.4, 0.5) is 5.69 Å². The summed E-state index contributed by atoms with van der Waals surface area (Å²) in [5.74, 6) is 1.74. The van der Waals surface area contributed by atoms with Crippen molar-refractivity contribution >= 4 is 27.5 Å². The Kier molecular flexibility index (Phi) is 9.28. The lowest BCUT2D eigenvalue weighted by Crippen LogP contribution is -2.53. The van der Waals surface area contributed by atoms with E-state index in [0.717, 1.165) is 40.7 Å². The molecule has 46 heavy (non-hydrogen) atoms. The van der Waals surface area contributed by atoms with Crippen molar-refractivity contribution < 1.29 is 18.0 Å². The summed E-state index contributed by atoms with van der Waals surface area (Å²) in [4.78, 5) is 29.5. The van der Waals surface area contributed by atoms with Crippen LogP contribution in [0.3, 0.4) is 0 Å². The van der Waals surface area contributed by atoms with Gasteiger partial charge >= 0.3 is 0 Å². The van der Waals surface area contributed by atoms with Crippen LogP contribution >= 0.6 is 0 Å². The maximum absolute atomic E-state index is 14.4. The monoisotopic (exact) mass is 641 g/mol. The Labute approximate surface area is 274 Å². The zero-order valence-electron chi connectivity index (χ0n) is 27.3. The first-order chi connectivity index (χ1) is 22.0. The third-order valence-electron chi connectivity index (χ3n) is 10.7. The quantitative estimate of drug-likeness (QED) is 0.263. The first-order valence-corrected chi connectivity index (χ1v) is 18.6. The number of anilines is 1. The van der Waals surface area contributed by atoms with Crippen molar-refractivity contribution in [2.24, 2.45) is 17.8 Å². The number of carbonyl (C=O) groups is 2. The van der Waals surface area contributed by atoms with E-state index in [1.165, 1.54) is 48.4 Å². The van der Waals surface area contributed by atoms with E-state index in [-0.39, 0.29) is 17.9 Å². The lowest BCUT2D eigenvalue weighted by Gasteiger charge is -2.57. The van der Waals surface area contributed by atoms with Crippen molar-refractivity contribution in [3.8, 4) is 0 Å². The molecule has 7 nitrogen and oxygen atoms in total. The van der Waals surface area contributed by atoms with E-state index >= 15 is 0 Å². The van der Waals surface area contributed by atoms with Crippen LogP contribution in [0.15, 0.2) is 78.9 Å². The van der Waals surface area contributed by atoms with E-state index in [4.69, 9.17) is 0 Å². The second-order valence-corrected chi connectivity index (χ2v) is 16.0. The van der Waals surface area contributed by atoms with Crippen LogP contribution in [0.5, 0.6) is 0 Å². The molecular formula is C38H47N3O4S. The number of carbonyl (C=O) groups excluding carboxylic acids is 2. The van der Waals surface area contributed by atoms with Gasteiger partial charge in [0.25, 0.3) is 0 Å². The van der Waals surface area contributed by atoms with Crippen molar-refractivity contribution in [1.82, 2.24) is 10.2 Å². The lowest BCUT2D eigenvalue weighted by atomic mass is 9.48. The molecule has 0 saturated heterocycles. The van der Waals surface area contributed by atoms with Crippen molar-refractivity contribution in [2.45, 2.75) is 76.8 Å². The third kappa shape index (κ3) is 6.87. The normalized spacial score (nSPS) is 23.9. The average Bonchev–Trinajstić information content (AvgIpc) is 3.02. The first-order valence-electron chi connectivity index (χ1n) is 16.8. The number of rotatable bonds is 12. The smallest absolute Gasteiger partial charge is 0.244 e. The summed E-state index contributed by atoms with van der Waals surface area (Å²) in [5.41, 5.74) is 4.79. The number of nitrogens with one attached hydrogen (secondary N) is 1. The lowest BCUT2D eigenvalue weighted by molar-refractivity contribution is -0.140. The van der Waals surface area contributed by atoms with Gasteiger partial charge in [-0.25, -0.2) is 8.42 Å². The molecule has 0 radical (unpaired) electrons. The molecule has 4 aliphatic rings. The minimum Gasteiger partial charge on any atom is -0.355 e. The summed E-state index contributed by atoms with van der Waals surface area (Å²) in [7, 11) is -3.82. The van der Waals surface area contributed by atoms with E-state index in [2.05, 4.69) is 17.4 Å². The SMILES string of the molecule is CCNC(=O)[C@@H](Cc1ccccc1)N(Cc1ccccc1C)C(=O)CN(c1ccc(C23CC4CC(CC(C4)C2)C3)cc1)S(C)(=O)=O. The second-order valence-electron chi connectivity index (χ2n) is 14.1. The fourth-order valence-electron chi connectivity index (χ4n) is 8.88. The minimum absolute atomic E-state index is 0.183. The van der Waals surface area contributed by atoms with Gasteiger partial charge in [0.05, 0.1) is 11.9 Å². The highest BCUT2D eigenvalue weighted by Gasteiger charge is 2.51. The van der Waals surface area contributed by atoms with Gasteiger partial charge in [-0.15, -0.1) is 0 Å². The predicted octanol–water partition coefficient (Wildman–Crippen LogP) is 6.01. The van der Waals surface area contributed by atoms with E-state index in [0.29, 0.717) is 18.7 Å². The molecule has 0 aromatic heterocycles. The number of sulfonamides is 1. The molecule has 3 aromatic carbocycles. The zero-order valence-corrected chi connectivity index (χ0v) is 28.1. The van der Waals surface area contributed by atoms with Gasteiger partial charge in [-0.05, 0) is 110 Å². The van der Waals surface area contributed by atoms with Crippen LogP contribution in [-0.2, 0) is 38.0 Å². The van der Waals surface area contributed by atoms with Gasteiger partial charge in [0.1, 0.15) is 12.6 Å². The molecule has 1 N–H and O–H groups in total. The summed E-state index contributed by atoms with van der Waals surface area (Å²) in [6.45, 7) is 4.03. The fourth-order valence-corrected chi connectivity index (χ4v) is 9.73. The van der Waals surface area contributed by atoms with Crippen molar-refractivity contribution in [1.29, 1.82) is 0 Å². The van der Waals surface area contributed by atoms with Gasteiger partial charge in [-0.1, -0.05) is 66.7 Å². The maximum atomic E-state index is 14.4. The van der Waals surface area contributed by atoms with Crippen LogP contribution in [0.1, 0.15) is 67.7 Å². The number of benzene rings is 3. The number of nitrogens with zero attached hydrogens (tertiary/aromatic N) is 2. The maximum Gasteiger partial charge on any atom is 0.244 e. The first kappa shape index (κ1) is 32.3. The summed E-state index contributed by atoms with van der Waals surface area (Å²) in [6, 6.07) is 24.5. The molecule has 7 rings (SSSR count). The Bertz CT molecular complexity index is 1620. The van der Waals surface area contributed by atoms with Crippen LogP contribution in [0.2, 0.25) is 0 Å². The summed E-state index contributed by atoms with van der Waals surface area (Å²) in [6.07, 6.45) is 9.22. The van der Waals surface area contributed by atoms with Gasteiger partial charge in [0, 0.05) is 19.5 Å². The molecule has 4 fully saturated rings. The van der Waals surface area contributed by atoms with Crippen LogP contribution in [-0.4, -0.2) is 50.5 Å². The van der Waals surface area contributed by atoms with E-state index < -0.39 is 28.5 Å². The van der Waals surface area contributed by atoms with Gasteiger partial charge in [0.2, 0.25) is 21.8 Å². The Morgan fingerprint density at radius 2 is 1.46 bits per heavy atom. The molecule has 3 aromatic rings. The number of amides is 2. The van der Waals surface area contributed by atoms with Gasteiger partial charge in [0.15, 0.2) is 0 Å². The molecule has 0 heterocycles. The van der Waals surface area contributed by atoms with Gasteiger partial charge in [-0.2, -0.15) is 0 Å². The number of aryl methyl sites for hydroxylation is 1. The van der Waals surface area contributed by atoms with E-state index in [9.17, 15) is 18.0 Å². The molecule has 0 aliphatic heterocycles. The number of hydrogen-bond donors (Lipinski definition) is 1. The highest BCUT2D eigenvalue weighted by molar-refractivity contribution is 7.92. The van der Waals surface area contributed by atoms with Crippen molar-refractivity contribution in [3.63, 3.8) is 0 Å². The van der Waals surface area contributed by atoms with Crippen molar-refractivity contribution in [2.75, 3.05) is 23.7 Å².